The molecule has 50 valence electrons. The maximum atomic E-state index is 9.88. The molecule has 4 nitrogen and oxygen atoms in total. The molecule has 0 bridgehead atoms. The molecular weight excluding hydrogens is 172 g/mol. The molecule has 0 fully saturated rings. The van der Waals surface area contributed by atoms with E-state index in [2.05, 4.69) is 0 Å². The van der Waals surface area contributed by atoms with Crippen molar-refractivity contribution in [2.75, 3.05) is 12.3 Å². The van der Waals surface area contributed by atoms with Gasteiger partial charge in [-0.25, -0.2) is 0 Å². The molecule has 9 heavy (non-hydrogen) atoms. The van der Waals surface area contributed by atoms with Gasteiger partial charge in [0, 0.05) is 12.3 Å². The average molecular weight is 179 g/mol. The third kappa shape index (κ3) is 12.6. The minimum atomic E-state index is -4.10. The largest absolute Gasteiger partial charge is 1.00 e. The summed E-state index contributed by atoms with van der Waals surface area (Å²) in [5.41, 5.74) is 4.94. The molecule has 0 aromatic carbocycles. The molecule has 0 aliphatic heterocycles. The summed E-state index contributed by atoms with van der Waals surface area (Å²) in [6.07, 6.45) is 0. The molecule has 0 aromatic rings. The molecule has 0 heterocycles. The van der Waals surface area contributed by atoms with Crippen molar-refractivity contribution in [2.45, 2.75) is 0 Å². The van der Waals surface area contributed by atoms with E-state index in [0.717, 1.165) is 0 Å². The fourth-order valence-corrected chi connectivity index (χ4v) is 1.51. The Labute approximate surface area is 79.8 Å². The van der Waals surface area contributed by atoms with Crippen LogP contribution in [0.5, 0.6) is 0 Å². The van der Waals surface area contributed by atoms with E-state index < -0.39 is 6.80 Å². The van der Waals surface area contributed by atoms with Crippen molar-refractivity contribution < 1.29 is 43.9 Å². The maximum Gasteiger partial charge on any atom is 1.00 e. The maximum absolute atomic E-state index is 9.88. The zero-order chi connectivity index (χ0) is 6.62. The summed E-state index contributed by atoms with van der Waals surface area (Å²) in [6.45, 7) is -3.83. The van der Waals surface area contributed by atoms with Crippen LogP contribution in [0.3, 0.4) is 0 Å². The van der Waals surface area contributed by atoms with Crippen molar-refractivity contribution in [3.63, 3.8) is 0 Å². The predicted molar refractivity (Wildman–Crippen MR) is 31.3 cm³/mol. The van der Waals surface area contributed by atoms with E-state index in [1.807, 2.05) is 0 Å². The van der Waals surface area contributed by atoms with Gasteiger partial charge in [-0.3, -0.25) is 4.57 Å². The molecule has 0 spiro atoms. The average Bonchev–Trinajstić information content (AvgIpc) is 1.59. The van der Waals surface area contributed by atoms with Crippen LogP contribution in [0, 0.1) is 0 Å². The smallest absolute Gasteiger partial charge is 0.770 e. The van der Waals surface area contributed by atoms with Gasteiger partial charge in [-0.2, -0.15) is 0 Å². The number of nitrogens with two attached hydrogens (primary N) is 1. The summed E-state index contributed by atoms with van der Waals surface area (Å²) in [5.74, 6) is 0.247. The van der Waals surface area contributed by atoms with Crippen LogP contribution < -0.4 is 40.2 Å². The Morgan fingerprint density at radius 2 is 2.22 bits per heavy atom. The topological polar surface area (TPSA) is 86.4 Å². The predicted octanol–water partition coefficient (Wildman–Crippen LogP) is -3.86. The van der Waals surface area contributed by atoms with Crippen molar-refractivity contribution in [1.29, 1.82) is 0 Å². The van der Waals surface area contributed by atoms with E-state index in [1.165, 1.54) is 0 Å². The van der Waals surface area contributed by atoms with Gasteiger partial charge in [-0.05, 0) is 0 Å². The SMILES string of the molecule is NCCSP(=O)([O-])O.[Na+]. The van der Waals surface area contributed by atoms with Crippen molar-refractivity contribution >= 4 is 18.2 Å². The van der Waals surface area contributed by atoms with Gasteiger partial charge in [-0.1, -0.05) is 11.4 Å². The first kappa shape index (κ1) is 13.1. The Hall–Kier alpha value is 1.46. The van der Waals surface area contributed by atoms with Crippen LogP contribution in [0.2, 0.25) is 0 Å². The Morgan fingerprint density at radius 3 is 2.33 bits per heavy atom. The number of hydrogen-bond acceptors (Lipinski definition) is 4. The molecule has 0 aliphatic carbocycles. The zero-order valence-corrected chi connectivity index (χ0v) is 8.82. The van der Waals surface area contributed by atoms with E-state index in [0.29, 0.717) is 11.4 Å². The Balaban J connectivity index is 0. The molecule has 0 aromatic heterocycles. The quantitative estimate of drug-likeness (QED) is 0.342. The Kier molecular flexibility index (Phi) is 8.99. The van der Waals surface area contributed by atoms with Gasteiger partial charge >= 0.3 is 29.6 Å². The first-order chi connectivity index (χ1) is 3.56. The van der Waals surface area contributed by atoms with Crippen LogP contribution in [-0.4, -0.2) is 17.2 Å². The van der Waals surface area contributed by atoms with E-state index in [-0.39, 0.29) is 41.9 Å². The van der Waals surface area contributed by atoms with Gasteiger partial charge < -0.3 is 15.5 Å². The second-order valence-electron chi connectivity index (χ2n) is 1.09. The van der Waals surface area contributed by atoms with Gasteiger partial charge in [-0.15, -0.1) is 0 Å². The van der Waals surface area contributed by atoms with Gasteiger partial charge in [0.1, 0.15) is 0 Å². The van der Waals surface area contributed by atoms with Crippen LogP contribution in [0.4, 0.5) is 0 Å². The van der Waals surface area contributed by atoms with Gasteiger partial charge in [0.05, 0.1) is 0 Å². The van der Waals surface area contributed by atoms with Crippen molar-refractivity contribution in [1.82, 2.24) is 0 Å². The minimum absolute atomic E-state index is 0. The normalized spacial score (nSPS) is 15.9. The fraction of sp³-hybridized carbons (Fsp3) is 1.00. The molecule has 7 heteroatoms. The van der Waals surface area contributed by atoms with Crippen LogP contribution in [-0.2, 0) is 4.57 Å². The molecule has 0 radical (unpaired) electrons. The first-order valence-corrected chi connectivity index (χ1v) is 5.11. The second-order valence-corrected chi connectivity index (χ2v) is 4.85. The summed E-state index contributed by atoms with van der Waals surface area (Å²) >= 11 is 0.464. The van der Waals surface area contributed by atoms with Crippen LogP contribution in [0.1, 0.15) is 0 Å². The zero-order valence-electron chi connectivity index (χ0n) is 5.11. The van der Waals surface area contributed by atoms with Crippen LogP contribution in [0.25, 0.3) is 0 Å². The van der Waals surface area contributed by atoms with E-state index in [9.17, 15) is 9.46 Å². The Morgan fingerprint density at radius 1 is 1.78 bits per heavy atom. The molecule has 0 aliphatic rings. The summed E-state index contributed by atoms with van der Waals surface area (Å²) in [7, 11) is 0. The van der Waals surface area contributed by atoms with Gasteiger partial charge in [0.25, 0.3) is 0 Å². The van der Waals surface area contributed by atoms with Crippen molar-refractivity contribution in [3.8, 4) is 0 Å². The van der Waals surface area contributed by atoms with E-state index >= 15 is 0 Å². The summed E-state index contributed by atoms with van der Waals surface area (Å²) in [6, 6.07) is 0. The molecule has 1 unspecified atom stereocenters. The number of rotatable bonds is 3. The molecule has 1 atom stereocenters. The minimum Gasteiger partial charge on any atom is -0.770 e. The second kappa shape index (κ2) is 6.19. The molecule has 0 rings (SSSR count). The molecule has 0 saturated heterocycles. The standard InChI is InChI=1S/C2H8NO3PS.Na/c3-1-2-8-7(4,5)6;/h1-3H2,(H2,4,5,6);/q;+1/p-1. The molecule has 0 saturated carbocycles. The van der Waals surface area contributed by atoms with Crippen molar-refractivity contribution in [2.24, 2.45) is 5.73 Å². The Bertz CT molecular complexity index is 106. The first-order valence-electron chi connectivity index (χ1n) is 1.94. The van der Waals surface area contributed by atoms with E-state index in [4.69, 9.17) is 10.6 Å². The molecule has 3 N–H and O–H groups in total. The summed E-state index contributed by atoms with van der Waals surface area (Å²) in [5, 5.41) is 0. The van der Waals surface area contributed by atoms with Gasteiger partial charge in [0.15, 0.2) is 6.80 Å². The number of hydrogen-bond donors (Lipinski definition) is 2. The monoisotopic (exact) mass is 179 g/mol. The van der Waals surface area contributed by atoms with E-state index in [1.54, 1.807) is 0 Å². The van der Waals surface area contributed by atoms with Crippen LogP contribution >= 0.6 is 18.2 Å². The van der Waals surface area contributed by atoms with Crippen LogP contribution in [0.15, 0.2) is 0 Å². The molecule has 0 amide bonds. The summed E-state index contributed by atoms with van der Waals surface area (Å²) in [4.78, 5) is 17.9. The van der Waals surface area contributed by atoms with Crippen molar-refractivity contribution in [3.05, 3.63) is 0 Å². The van der Waals surface area contributed by atoms with Gasteiger partial charge in [0.2, 0.25) is 0 Å². The summed E-state index contributed by atoms with van der Waals surface area (Å²) < 4.78 is 9.88. The third-order valence-electron chi connectivity index (χ3n) is 0.372. The molecular formula is C2H7NNaO3PS. The third-order valence-corrected chi connectivity index (χ3v) is 2.64. The fourth-order valence-electron chi connectivity index (χ4n) is 0.168.